The molecular formula is C13H22N2O. The van der Waals surface area contributed by atoms with Crippen LogP contribution in [0.4, 0.5) is 0 Å². The first kappa shape index (κ1) is 11.7. The monoisotopic (exact) mass is 222 g/mol. The minimum atomic E-state index is 0.540. The van der Waals surface area contributed by atoms with Crippen LogP contribution in [0, 0.1) is 0 Å². The van der Waals surface area contributed by atoms with E-state index >= 15 is 0 Å². The quantitative estimate of drug-likeness (QED) is 0.826. The van der Waals surface area contributed by atoms with Gasteiger partial charge in [0.1, 0.15) is 0 Å². The lowest BCUT2D eigenvalue weighted by Gasteiger charge is -2.23. The lowest BCUT2D eigenvalue weighted by atomic mass is 10.1. The smallest absolute Gasteiger partial charge is 0.0619 e. The molecule has 16 heavy (non-hydrogen) atoms. The Balaban J connectivity index is 1.81. The Labute approximate surface area is 97.8 Å². The molecule has 2 rings (SSSR count). The average Bonchev–Trinajstić information content (AvgIpc) is 2.76. The Morgan fingerprint density at radius 3 is 3.25 bits per heavy atom. The third-order valence-corrected chi connectivity index (χ3v) is 3.12. The van der Waals surface area contributed by atoms with E-state index in [1.807, 2.05) is 0 Å². The Morgan fingerprint density at radius 2 is 2.50 bits per heavy atom. The van der Waals surface area contributed by atoms with Gasteiger partial charge in [-0.25, -0.2) is 0 Å². The highest BCUT2D eigenvalue weighted by atomic mass is 16.5. The summed E-state index contributed by atoms with van der Waals surface area (Å²) in [5.74, 6) is 0. The van der Waals surface area contributed by atoms with Gasteiger partial charge in [0.15, 0.2) is 0 Å². The van der Waals surface area contributed by atoms with Crippen LogP contribution in [0.5, 0.6) is 0 Å². The van der Waals surface area contributed by atoms with Crippen LogP contribution >= 0.6 is 0 Å². The van der Waals surface area contributed by atoms with Gasteiger partial charge in [0.05, 0.1) is 6.61 Å². The average molecular weight is 222 g/mol. The fourth-order valence-corrected chi connectivity index (χ4v) is 2.22. The van der Waals surface area contributed by atoms with Crippen molar-refractivity contribution in [3.63, 3.8) is 0 Å². The van der Waals surface area contributed by atoms with E-state index in [4.69, 9.17) is 4.74 Å². The summed E-state index contributed by atoms with van der Waals surface area (Å²) < 4.78 is 7.79. The van der Waals surface area contributed by atoms with Gasteiger partial charge in [-0.15, -0.1) is 0 Å². The summed E-state index contributed by atoms with van der Waals surface area (Å²) in [5.41, 5.74) is 1.38. The van der Waals surface area contributed by atoms with Crippen LogP contribution in [0.3, 0.4) is 0 Å². The van der Waals surface area contributed by atoms with Gasteiger partial charge in [-0.2, -0.15) is 0 Å². The fraction of sp³-hybridized carbons (Fsp3) is 0.692. The molecule has 0 saturated carbocycles. The van der Waals surface area contributed by atoms with E-state index in [0.717, 1.165) is 26.3 Å². The molecule has 0 spiro atoms. The van der Waals surface area contributed by atoms with Crippen molar-refractivity contribution < 1.29 is 4.74 Å². The molecule has 0 aliphatic carbocycles. The molecule has 1 N–H and O–H groups in total. The van der Waals surface area contributed by atoms with Crippen LogP contribution in [0.15, 0.2) is 18.3 Å². The summed E-state index contributed by atoms with van der Waals surface area (Å²) in [5, 5.41) is 3.58. The highest BCUT2D eigenvalue weighted by Crippen LogP contribution is 2.08. The first-order valence-electron chi connectivity index (χ1n) is 6.35. The van der Waals surface area contributed by atoms with E-state index in [9.17, 15) is 0 Å². The first-order valence-corrected chi connectivity index (χ1v) is 6.35. The lowest BCUT2D eigenvalue weighted by Crippen LogP contribution is -2.36. The van der Waals surface area contributed by atoms with Crippen LogP contribution in [0.2, 0.25) is 0 Å². The molecule has 1 aromatic heterocycles. The van der Waals surface area contributed by atoms with Crippen LogP contribution in [0.1, 0.15) is 31.9 Å². The van der Waals surface area contributed by atoms with Gasteiger partial charge in [0.2, 0.25) is 0 Å². The van der Waals surface area contributed by atoms with Crippen molar-refractivity contribution in [3.8, 4) is 0 Å². The maximum atomic E-state index is 5.46. The summed E-state index contributed by atoms with van der Waals surface area (Å²) in [6, 6.07) is 4.87. The number of ether oxygens (including phenoxy) is 1. The van der Waals surface area contributed by atoms with Crippen LogP contribution < -0.4 is 5.32 Å². The molecule has 1 unspecified atom stereocenters. The SMILES string of the molecule is CCCn1cccc1CNC1CCCOC1. The molecule has 0 radical (unpaired) electrons. The highest BCUT2D eigenvalue weighted by molar-refractivity contribution is 5.07. The normalized spacial score (nSPS) is 21.2. The van der Waals surface area contributed by atoms with Gasteiger partial charge in [0.25, 0.3) is 0 Å². The maximum Gasteiger partial charge on any atom is 0.0619 e. The Bertz CT molecular complexity index is 303. The number of aromatic nitrogens is 1. The second-order valence-electron chi connectivity index (χ2n) is 4.49. The molecular weight excluding hydrogens is 200 g/mol. The molecule has 90 valence electrons. The third kappa shape index (κ3) is 3.09. The second-order valence-corrected chi connectivity index (χ2v) is 4.49. The van der Waals surface area contributed by atoms with Crippen molar-refractivity contribution in [2.24, 2.45) is 0 Å². The largest absolute Gasteiger partial charge is 0.380 e. The maximum absolute atomic E-state index is 5.46. The van der Waals surface area contributed by atoms with Gasteiger partial charge < -0.3 is 14.6 Å². The van der Waals surface area contributed by atoms with Gasteiger partial charge in [-0.05, 0) is 31.4 Å². The predicted molar refractivity (Wildman–Crippen MR) is 65.4 cm³/mol. The molecule has 0 bridgehead atoms. The second kappa shape index (κ2) is 6.06. The number of hydrogen-bond donors (Lipinski definition) is 1. The Hall–Kier alpha value is -0.800. The predicted octanol–water partition coefficient (Wildman–Crippen LogP) is 2.17. The number of rotatable bonds is 5. The number of aryl methyl sites for hydroxylation is 1. The van der Waals surface area contributed by atoms with Crippen molar-refractivity contribution in [1.29, 1.82) is 0 Å². The minimum absolute atomic E-state index is 0.540. The zero-order valence-corrected chi connectivity index (χ0v) is 10.1. The molecule has 1 fully saturated rings. The fourth-order valence-electron chi connectivity index (χ4n) is 2.22. The summed E-state index contributed by atoms with van der Waals surface area (Å²) in [6.07, 6.45) is 5.79. The molecule has 3 nitrogen and oxygen atoms in total. The van der Waals surface area contributed by atoms with Crippen molar-refractivity contribution in [2.75, 3.05) is 13.2 Å². The van der Waals surface area contributed by atoms with E-state index < -0.39 is 0 Å². The number of nitrogens with one attached hydrogen (secondary N) is 1. The van der Waals surface area contributed by atoms with E-state index in [0.29, 0.717) is 6.04 Å². The Kier molecular flexibility index (Phi) is 4.43. The van der Waals surface area contributed by atoms with Crippen LogP contribution in [0.25, 0.3) is 0 Å². The number of hydrogen-bond acceptors (Lipinski definition) is 2. The summed E-state index contributed by atoms with van der Waals surface area (Å²) in [6.45, 7) is 6.09. The van der Waals surface area contributed by atoms with Crippen molar-refractivity contribution in [3.05, 3.63) is 24.0 Å². The third-order valence-electron chi connectivity index (χ3n) is 3.12. The van der Waals surface area contributed by atoms with E-state index in [-0.39, 0.29) is 0 Å². The summed E-state index contributed by atoms with van der Waals surface area (Å²) in [4.78, 5) is 0. The number of nitrogens with zero attached hydrogens (tertiary/aromatic N) is 1. The molecule has 1 aromatic rings. The molecule has 1 aliphatic heterocycles. The van der Waals surface area contributed by atoms with Crippen molar-refractivity contribution >= 4 is 0 Å². The topological polar surface area (TPSA) is 26.2 Å². The summed E-state index contributed by atoms with van der Waals surface area (Å²) >= 11 is 0. The lowest BCUT2D eigenvalue weighted by molar-refractivity contribution is 0.0697. The highest BCUT2D eigenvalue weighted by Gasteiger charge is 2.13. The van der Waals surface area contributed by atoms with Crippen LogP contribution in [-0.4, -0.2) is 23.8 Å². The van der Waals surface area contributed by atoms with E-state index in [2.05, 4.69) is 35.1 Å². The van der Waals surface area contributed by atoms with Gasteiger partial charge in [0, 0.05) is 37.6 Å². The Morgan fingerprint density at radius 1 is 1.56 bits per heavy atom. The zero-order chi connectivity index (χ0) is 11.2. The van der Waals surface area contributed by atoms with E-state index in [1.54, 1.807) is 0 Å². The van der Waals surface area contributed by atoms with Crippen molar-refractivity contribution in [1.82, 2.24) is 9.88 Å². The molecule has 3 heteroatoms. The van der Waals surface area contributed by atoms with Crippen molar-refractivity contribution in [2.45, 2.75) is 45.3 Å². The van der Waals surface area contributed by atoms with E-state index in [1.165, 1.54) is 25.0 Å². The molecule has 1 saturated heterocycles. The minimum Gasteiger partial charge on any atom is -0.380 e. The van der Waals surface area contributed by atoms with Gasteiger partial charge in [-0.3, -0.25) is 0 Å². The van der Waals surface area contributed by atoms with Gasteiger partial charge in [-0.1, -0.05) is 6.92 Å². The molecule has 1 aliphatic rings. The first-order chi connectivity index (χ1) is 7.90. The molecule has 1 atom stereocenters. The summed E-state index contributed by atoms with van der Waals surface area (Å²) in [7, 11) is 0. The molecule has 0 aromatic carbocycles. The molecule has 2 heterocycles. The zero-order valence-electron chi connectivity index (χ0n) is 10.1. The van der Waals surface area contributed by atoms with Crippen LogP contribution in [-0.2, 0) is 17.8 Å². The molecule has 0 amide bonds. The van der Waals surface area contributed by atoms with Gasteiger partial charge >= 0.3 is 0 Å². The standard InChI is InChI=1S/C13H22N2O/c1-2-7-15-8-3-6-13(15)10-14-12-5-4-9-16-11-12/h3,6,8,12,14H,2,4-5,7,9-11H2,1H3.